The van der Waals surface area contributed by atoms with Gasteiger partial charge in [0.1, 0.15) is 11.6 Å². The molecule has 1 aliphatic rings. The zero-order valence-electron chi connectivity index (χ0n) is 7.92. The van der Waals surface area contributed by atoms with E-state index in [0.717, 1.165) is 5.56 Å². The van der Waals surface area contributed by atoms with Crippen molar-refractivity contribution in [3.8, 4) is 5.75 Å². The summed E-state index contributed by atoms with van der Waals surface area (Å²) in [7, 11) is 0. The van der Waals surface area contributed by atoms with Gasteiger partial charge in [-0.25, -0.2) is 4.39 Å². The van der Waals surface area contributed by atoms with Gasteiger partial charge in [0.15, 0.2) is 0 Å². The van der Waals surface area contributed by atoms with Crippen LogP contribution in [0.25, 0.3) is 0 Å². The molecular weight excluding hydrogens is 185 g/mol. The molecule has 76 valence electrons. The van der Waals surface area contributed by atoms with Gasteiger partial charge in [-0.1, -0.05) is 0 Å². The van der Waals surface area contributed by atoms with Crippen LogP contribution in [0.3, 0.4) is 0 Å². The molecule has 1 aromatic rings. The molecule has 0 saturated carbocycles. The number of ether oxygens (including phenoxy) is 2. The van der Waals surface area contributed by atoms with Crippen molar-refractivity contribution in [3.63, 3.8) is 0 Å². The maximum atomic E-state index is 12.8. The largest absolute Gasteiger partial charge is 0.461 e. The normalized spacial score (nSPS) is 25.4. The molecule has 0 amide bonds. The number of halogens is 1. The third-order valence-corrected chi connectivity index (χ3v) is 2.25. The highest BCUT2D eigenvalue weighted by atomic mass is 19.1. The smallest absolute Gasteiger partial charge is 0.220 e. The van der Waals surface area contributed by atoms with Crippen molar-refractivity contribution in [1.29, 1.82) is 0 Å². The molecule has 0 spiro atoms. The van der Waals surface area contributed by atoms with E-state index in [1.807, 2.05) is 0 Å². The van der Waals surface area contributed by atoms with Gasteiger partial charge in [0.05, 0.1) is 13.2 Å². The zero-order valence-corrected chi connectivity index (χ0v) is 7.92. The van der Waals surface area contributed by atoms with E-state index >= 15 is 0 Å². The molecule has 0 radical (unpaired) electrons. The second-order valence-electron chi connectivity index (χ2n) is 3.48. The van der Waals surface area contributed by atoms with Crippen molar-refractivity contribution >= 4 is 0 Å². The molecule has 2 rings (SSSR count). The predicted molar refractivity (Wildman–Crippen MR) is 49.3 cm³/mol. The van der Waals surface area contributed by atoms with Gasteiger partial charge in [0, 0.05) is 12.5 Å². The molecule has 14 heavy (non-hydrogen) atoms. The Labute approximate surface area is 81.6 Å². The summed E-state index contributed by atoms with van der Waals surface area (Å²) in [6.45, 7) is 2.36. The number of nitrogens with two attached hydrogens (primary N) is 1. The maximum absolute atomic E-state index is 12.8. The molecule has 1 unspecified atom stereocenters. The molecule has 0 aliphatic carbocycles. The van der Waals surface area contributed by atoms with Crippen molar-refractivity contribution in [2.24, 2.45) is 5.73 Å². The minimum Gasteiger partial charge on any atom is -0.461 e. The Morgan fingerprint density at radius 2 is 2.36 bits per heavy atom. The number of hydrogen-bond acceptors (Lipinski definition) is 3. The van der Waals surface area contributed by atoms with Gasteiger partial charge in [-0.3, -0.25) is 0 Å². The van der Waals surface area contributed by atoms with Gasteiger partial charge in [-0.2, -0.15) is 0 Å². The Kier molecular flexibility index (Phi) is 2.17. The lowest BCUT2D eigenvalue weighted by Crippen LogP contribution is -2.45. The lowest BCUT2D eigenvalue weighted by Gasteiger charge is -2.34. The van der Waals surface area contributed by atoms with Crippen LogP contribution in [0, 0.1) is 5.82 Å². The first-order chi connectivity index (χ1) is 6.63. The van der Waals surface area contributed by atoms with Crippen LogP contribution >= 0.6 is 0 Å². The number of fused-ring (bicyclic) bond motifs is 1. The molecule has 2 N–H and O–H groups in total. The Morgan fingerprint density at radius 3 is 3.07 bits per heavy atom. The summed E-state index contributed by atoms with van der Waals surface area (Å²) < 4.78 is 23.7. The fourth-order valence-electron chi connectivity index (χ4n) is 1.35. The van der Waals surface area contributed by atoms with Gasteiger partial charge >= 0.3 is 0 Å². The monoisotopic (exact) mass is 197 g/mol. The van der Waals surface area contributed by atoms with Crippen molar-refractivity contribution < 1.29 is 13.9 Å². The van der Waals surface area contributed by atoms with Crippen molar-refractivity contribution in [2.45, 2.75) is 19.3 Å². The van der Waals surface area contributed by atoms with E-state index in [2.05, 4.69) is 0 Å². The van der Waals surface area contributed by atoms with Crippen LogP contribution in [-0.2, 0) is 11.3 Å². The summed E-state index contributed by atoms with van der Waals surface area (Å²) in [4.78, 5) is 0. The first kappa shape index (κ1) is 9.43. The van der Waals surface area contributed by atoms with Crippen molar-refractivity contribution in [1.82, 2.24) is 0 Å². The summed E-state index contributed by atoms with van der Waals surface area (Å²) >= 11 is 0. The van der Waals surface area contributed by atoms with Crippen LogP contribution < -0.4 is 10.5 Å². The summed E-state index contributed by atoms with van der Waals surface area (Å²) in [6.07, 6.45) is 0. The molecule has 1 aliphatic heterocycles. The van der Waals surface area contributed by atoms with Crippen LogP contribution in [0.4, 0.5) is 4.39 Å². The van der Waals surface area contributed by atoms with Gasteiger partial charge in [-0.05, 0) is 18.2 Å². The molecule has 0 bridgehead atoms. The van der Waals surface area contributed by atoms with Crippen LogP contribution in [0.5, 0.6) is 5.75 Å². The SMILES string of the molecule is CC1(CN)OCc2cc(F)ccc2O1. The number of rotatable bonds is 1. The van der Waals surface area contributed by atoms with Crippen molar-refractivity contribution in [2.75, 3.05) is 6.54 Å². The van der Waals surface area contributed by atoms with E-state index in [0.29, 0.717) is 12.4 Å². The maximum Gasteiger partial charge on any atom is 0.220 e. The molecule has 1 heterocycles. The Bertz CT molecular complexity index is 356. The van der Waals surface area contributed by atoms with Gasteiger partial charge in [-0.15, -0.1) is 0 Å². The standard InChI is InChI=1S/C10H12FNO2/c1-10(6-12)13-5-7-4-8(11)2-3-9(7)14-10/h2-4H,5-6,12H2,1H3. The molecule has 0 fully saturated rings. The summed E-state index contributed by atoms with van der Waals surface area (Å²) in [5.41, 5.74) is 6.22. The average molecular weight is 197 g/mol. The minimum atomic E-state index is -0.787. The lowest BCUT2D eigenvalue weighted by molar-refractivity contribution is -0.185. The van der Waals surface area contributed by atoms with E-state index in [1.165, 1.54) is 12.1 Å². The Morgan fingerprint density at radius 1 is 1.57 bits per heavy atom. The van der Waals surface area contributed by atoms with Crippen LogP contribution in [-0.4, -0.2) is 12.3 Å². The molecular formula is C10H12FNO2. The average Bonchev–Trinajstić information content (AvgIpc) is 2.19. The summed E-state index contributed by atoms with van der Waals surface area (Å²) in [5, 5.41) is 0. The first-order valence-electron chi connectivity index (χ1n) is 4.44. The highest BCUT2D eigenvalue weighted by molar-refractivity contribution is 5.35. The minimum absolute atomic E-state index is 0.268. The fraction of sp³-hybridized carbons (Fsp3) is 0.400. The van der Waals surface area contributed by atoms with Crippen LogP contribution in [0.1, 0.15) is 12.5 Å². The second kappa shape index (κ2) is 3.22. The molecule has 4 heteroatoms. The predicted octanol–water partition coefficient (Wildman–Crippen LogP) is 1.41. The van der Waals surface area contributed by atoms with Gasteiger partial charge in [0.25, 0.3) is 0 Å². The molecule has 0 saturated heterocycles. The Hall–Kier alpha value is -1.13. The number of hydrogen-bond donors (Lipinski definition) is 1. The summed E-state index contributed by atoms with van der Waals surface area (Å²) in [6, 6.07) is 4.37. The van der Waals surface area contributed by atoms with E-state index in [-0.39, 0.29) is 12.4 Å². The molecule has 1 atom stereocenters. The van der Waals surface area contributed by atoms with E-state index in [4.69, 9.17) is 15.2 Å². The van der Waals surface area contributed by atoms with E-state index in [9.17, 15) is 4.39 Å². The third-order valence-electron chi connectivity index (χ3n) is 2.25. The van der Waals surface area contributed by atoms with Crippen LogP contribution in [0.15, 0.2) is 18.2 Å². The zero-order chi connectivity index (χ0) is 10.2. The van der Waals surface area contributed by atoms with Crippen molar-refractivity contribution in [3.05, 3.63) is 29.6 Å². The van der Waals surface area contributed by atoms with E-state index in [1.54, 1.807) is 13.0 Å². The van der Waals surface area contributed by atoms with Gasteiger partial charge in [0.2, 0.25) is 5.79 Å². The third kappa shape index (κ3) is 1.58. The van der Waals surface area contributed by atoms with Crippen LogP contribution in [0.2, 0.25) is 0 Å². The summed E-state index contributed by atoms with van der Waals surface area (Å²) in [5.74, 6) is -0.428. The topological polar surface area (TPSA) is 44.5 Å². The molecule has 3 nitrogen and oxygen atoms in total. The molecule has 1 aromatic carbocycles. The first-order valence-corrected chi connectivity index (χ1v) is 4.44. The fourth-order valence-corrected chi connectivity index (χ4v) is 1.35. The second-order valence-corrected chi connectivity index (χ2v) is 3.48. The quantitative estimate of drug-likeness (QED) is 0.740. The highest BCUT2D eigenvalue weighted by Crippen LogP contribution is 2.30. The van der Waals surface area contributed by atoms with E-state index < -0.39 is 5.79 Å². The highest BCUT2D eigenvalue weighted by Gasteiger charge is 2.31. The molecule has 0 aromatic heterocycles. The number of benzene rings is 1. The Balaban J connectivity index is 2.31. The lowest BCUT2D eigenvalue weighted by atomic mass is 10.1. The van der Waals surface area contributed by atoms with Gasteiger partial charge < -0.3 is 15.2 Å².